The molecule has 0 saturated heterocycles. The Morgan fingerprint density at radius 3 is 2.60 bits per heavy atom. The highest BCUT2D eigenvalue weighted by Gasteiger charge is 2.23. The monoisotopic (exact) mass is 428 g/mol. The van der Waals surface area contributed by atoms with Gasteiger partial charge in [-0.3, -0.25) is 9.59 Å². The molecule has 2 heterocycles. The number of carbonyl (C=O) groups is 2. The zero-order valence-electron chi connectivity index (χ0n) is 17.6. The van der Waals surface area contributed by atoms with E-state index in [1.165, 1.54) is 21.9 Å². The second-order valence-corrected chi connectivity index (χ2v) is 9.19. The maximum absolute atomic E-state index is 12.6. The quantitative estimate of drug-likeness (QED) is 0.623. The first-order valence-corrected chi connectivity index (χ1v) is 10.3. The van der Waals surface area contributed by atoms with Gasteiger partial charge in [0.15, 0.2) is 0 Å². The number of nitrogens with one attached hydrogen (secondary N) is 1. The van der Waals surface area contributed by atoms with Crippen LogP contribution in [0.25, 0.3) is 4.96 Å². The molecule has 0 fully saturated rings. The van der Waals surface area contributed by atoms with Crippen LogP contribution in [0.1, 0.15) is 61.6 Å². The molecule has 1 aromatic carbocycles. The summed E-state index contributed by atoms with van der Waals surface area (Å²) in [5, 5.41) is 7.83. The van der Waals surface area contributed by atoms with Gasteiger partial charge >= 0.3 is 5.97 Å². The molecule has 2 aromatic heterocycles. The molecule has 8 nitrogen and oxygen atoms in total. The van der Waals surface area contributed by atoms with Gasteiger partial charge in [-0.05, 0) is 12.1 Å². The first kappa shape index (κ1) is 21.6. The number of amides is 1. The Morgan fingerprint density at radius 2 is 1.93 bits per heavy atom. The fourth-order valence-electron chi connectivity index (χ4n) is 2.48. The second-order valence-electron chi connectivity index (χ2n) is 8.20. The van der Waals surface area contributed by atoms with Crippen LogP contribution in [0, 0.1) is 5.41 Å². The van der Waals surface area contributed by atoms with Gasteiger partial charge in [-0.25, -0.2) is 9.78 Å². The van der Waals surface area contributed by atoms with Crippen LogP contribution in [0.5, 0.6) is 0 Å². The smallest absolute Gasteiger partial charge is 0.340 e. The standard InChI is InChI=1S/C21H24N4O4S/c1-12(2)17-24-25-16(26)10-13(22-20(25)30-17)11-29-18(27)14-8-6-7-9-15(14)23-19(28)21(3,4)5/h6-10,12H,11H2,1-5H3,(H,23,28). The zero-order valence-corrected chi connectivity index (χ0v) is 18.4. The molecule has 1 N–H and O–H groups in total. The highest BCUT2D eigenvalue weighted by atomic mass is 32.1. The zero-order chi connectivity index (χ0) is 22.1. The van der Waals surface area contributed by atoms with Gasteiger partial charge in [0, 0.05) is 17.4 Å². The summed E-state index contributed by atoms with van der Waals surface area (Å²) in [7, 11) is 0. The molecule has 0 atom stereocenters. The van der Waals surface area contributed by atoms with Crippen molar-refractivity contribution in [3.05, 3.63) is 57.0 Å². The van der Waals surface area contributed by atoms with Crippen LogP contribution in [-0.2, 0) is 16.1 Å². The van der Waals surface area contributed by atoms with E-state index in [-0.39, 0.29) is 29.6 Å². The molecule has 3 aromatic rings. The molecule has 0 radical (unpaired) electrons. The number of ether oxygens (including phenoxy) is 1. The van der Waals surface area contributed by atoms with Crippen molar-refractivity contribution in [1.82, 2.24) is 14.6 Å². The highest BCUT2D eigenvalue weighted by molar-refractivity contribution is 7.16. The van der Waals surface area contributed by atoms with Crippen LogP contribution >= 0.6 is 11.3 Å². The first-order valence-electron chi connectivity index (χ1n) is 9.53. The molecular weight excluding hydrogens is 404 g/mol. The van der Waals surface area contributed by atoms with Crippen molar-refractivity contribution < 1.29 is 14.3 Å². The number of aromatic nitrogens is 3. The number of nitrogens with zero attached hydrogens (tertiary/aromatic N) is 3. The molecule has 0 saturated carbocycles. The largest absolute Gasteiger partial charge is 0.456 e. The Hall–Kier alpha value is -3.07. The molecule has 30 heavy (non-hydrogen) atoms. The lowest BCUT2D eigenvalue weighted by molar-refractivity contribution is -0.123. The number of para-hydroxylation sites is 1. The number of hydrogen-bond donors (Lipinski definition) is 1. The van der Waals surface area contributed by atoms with Gasteiger partial charge in [0.25, 0.3) is 5.56 Å². The predicted octanol–water partition coefficient (Wildman–Crippen LogP) is 3.62. The molecule has 0 aliphatic carbocycles. The summed E-state index contributed by atoms with van der Waals surface area (Å²) >= 11 is 1.33. The molecule has 0 unspecified atom stereocenters. The lowest BCUT2D eigenvalue weighted by atomic mass is 9.95. The second kappa shape index (κ2) is 8.35. The van der Waals surface area contributed by atoms with E-state index in [0.717, 1.165) is 5.01 Å². The number of anilines is 1. The Labute approximate surface area is 177 Å². The SMILES string of the molecule is CC(C)c1nn2c(=O)cc(COC(=O)c3ccccc3NC(=O)C(C)(C)C)nc2s1. The van der Waals surface area contributed by atoms with Crippen LogP contribution in [0.15, 0.2) is 35.1 Å². The Morgan fingerprint density at radius 1 is 1.23 bits per heavy atom. The topological polar surface area (TPSA) is 103 Å². The average Bonchev–Trinajstić information content (AvgIpc) is 3.11. The molecule has 0 bridgehead atoms. The van der Waals surface area contributed by atoms with Crippen molar-refractivity contribution in [3.8, 4) is 0 Å². The minimum atomic E-state index is -0.617. The van der Waals surface area contributed by atoms with E-state index in [4.69, 9.17) is 4.74 Å². The molecule has 0 aliphatic rings. The Balaban J connectivity index is 1.78. The summed E-state index contributed by atoms with van der Waals surface area (Å²) in [5.41, 5.74) is 0.000510. The molecule has 1 amide bonds. The van der Waals surface area contributed by atoms with Crippen LogP contribution in [-0.4, -0.2) is 26.5 Å². The minimum absolute atomic E-state index is 0.166. The maximum Gasteiger partial charge on any atom is 0.340 e. The minimum Gasteiger partial charge on any atom is -0.456 e. The number of benzene rings is 1. The number of rotatable bonds is 5. The van der Waals surface area contributed by atoms with E-state index in [1.807, 2.05) is 13.8 Å². The lowest BCUT2D eigenvalue weighted by Gasteiger charge is -2.19. The van der Waals surface area contributed by atoms with Gasteiger partial charge < -0.3 is 10.1 Å². The van der Waals surface area contributed by atoms with Crippen molar-refractivity contribution in [2.45, 2.75) is 47.1 Å². The summed E-state index contributed by atoms with van der Waals surface area (Å²) in [5.74, 6) is -0.653. The number of esters is 1. The van der Waals surface area contributed by atoms with Crippen molar-refractivity contribution >= 4 is 33.9 Å². The molecular formula is C21H24N4O4S. The normalized spacial score (nSPS) is 11.7. The lowest BCUT2D eigenvalue weighted by Crippen LogP contribution is -2.28. The Kier molecular flexibility index (Phi) is 6.02. The van der Waals surface area contributed by atoms with Crippen molar-refractivity contribution in [1.29, 1.82) is 0 Å². The summed E-state index contributed by atoms with van der Waals surface area (Å²) < 4.78 is 6.62. The van der Waals surface area contributed by atoms with Gasteiger partial charge in [-0.15, -0.1) is 0 Å². The Bertz CT molecular complexity index is 1160. The van der Waals surface area contributed by atoms with E-state index in [0.29, 0.717) is 16.3 Å². The number of fused-ring (bicyclic) bond motifs is 1. The van der Waals surface area contributed by atoms with Gasteiger partial charge in [-0.1, -0.05) is 58.1 Å². The summed E-state index contributed by atoms with van der Waals surface area (Å²) in [6.07, 6.45) is 0. The van der Waals surface area contributed by atoms with Crippen LogP contribution in [0.4, 0.5) is 5.69 Å². The maximum atomic E-state index is 12.6. The third-order valence-corrected chi connectivity index (χ3v) is 5.44. The van der Waals surface area contributed by atoms with Crippen LogP contribution in [0.3, 0.4) is 0 Å². The van der Waals surface area contributed by atoms with E-state index >= 15 is 0 Å². The average molecular weight is 429 g/mol. The fraction of sp³-hybridized carbons (Fsp3) is 0.381. The number of carbonyl (C=O) groups excluding carboxylic acids is 2. The molecule has 158 valence electrons. The van der Waals surface area contributed by atoms with E-state index in [9.17, 15) is 14.4 Å². The molecule has 0 aliphatic heterocycles. The van der Waals surface area contributed by atoms with Crippen molar-refractivity contribution in [2.24, 2.45) is 5.41 Å². The van der Waals surface area contributed by atoms with E-state index in [2.05, 4.69) is 15.4 Å². The summed E-state index contributed by atoms with van der Waals surface area (Å²) in [4.78, 5) is 42.0. The number of hydrogen-bond acceptors (Lipinski definition) is 7. The van der Waals surface area contributed by atoms with Gasteiger partial charge in [0.1, 0.15) is 11.6 Å². The first-order chi connectivity index (χ1) is 14.1. The van der Waals surface area contributed by atoms with Crippen LogP contribution in [0.2, 0.25) is 0 Å². The summed E-state index contributed by atoms with van der Waals surface area (Å²) in [6, 6.07) is 7.93. The molecule has 3 rings (SSSR count). The summed E-state index contributed by atoms with van der Waals surface area (Å²) in [6.45, 7) is 9.17. The van der Waals surface area contributed by atoms with Gasteiger partial charge in [0.2, 0.25) is 10.9 Å². The van der Waals surface area contributed by atoms with Gasteiger partial charge in [-0.2, -0.15) is 9.61 Å². The van der Waals surface area contributed by atoms with E-state index < -0.39 is 11.4 Å². The van der Waals surface area contributed by atoms with Crippen molar-refractivity contribution in [2.75, 3.05) is 5.32 Å². The van der Waals surface area contributed by atoms with E-state index in [1.54, 1.807) is 45.0 Å². The third kappa shape index (κ3) is 4.73. The third-order valence-electron chi connectivity index (χ3n) is 4.24. The molecule has 9 heteroatoms. The van der Waals surface area contributed by atoms with Gasteiger partial charge in [0.05, 0.1) is 16.9 Å². The highest BCUT2D eigenvalue weighted by Crippen LogP contribution is 2.22. The van der Waals surface area contributed by atoms with Crippen LogP contribution < -0.4 is 10.9 Å². The fourth-order valence-corrected chi connectivity index (χ4v) is 3.40. The predicted molar refractivity (Wildman–Crippen MR) is 115 cm³/mol. The van der Waals surface area contributed by atoms with Crippen molar-refractivity contribution in [3.63, 3.8) is 0 Å². The molecule has 0 spiro atoms.